The Morgan fingerprint density at radius 1 is 0.783 bits per heavy atom. The van der Waals surface area contributed by atoms with Crippen LogP contribution in [0.2, 0.25) is 0 Å². The van der Waals surface area contributed by atoms with Crippen molar-refractivity contribution in [3.05, 3.63) is 83.9 Å². The SMILES string of the molecule is C=C(C(=O)O)C1CCN(C(=O)OCc2ccccc2)CC1.CC(=O)SCC(C(=O)O)C1CCN(C(=O)OCc2ccccc2)CC1. The van der Waals surface area contributed by atoms with E-state index in [-0.39, 0.29) is 53.7 Å². The van der Waals surface area contributed by atoms with E-state index in [1.807, 2.05) is 60.7 Å². The molecule has 46 heavy (non-hydrogen) atoms. The maximum Gasteiger partial charge on any atom is 0.410 e. The van der Waals surface area contributed by atoms with Gasteiger partial charge in [-0.15, -0.1) is 0 Å². The zero-order valence-electron chi connectivity index (χ0n) is 26.0. The topological polar surface area (TPSA) is 151 Å². The average molecular weight is 655 g/mol. The molecule has 2 N–H and O–H groups in total. The number of ether oxygens (including phenoxy) is 2. The van der Waals surface area contributed by atoms with Crippen LogP contribution < -0.4 is 0 Å². The van der Waals surface area contributed by atoms with Gasteiger partial charge in [0.1, 0.15) is 13.2 Å². The highest BCUT2D eigenvalue weighted by Crippen LogP contribution is 2.29. The lowest BCUT2D eigenvalue weighted by Crippen LogP contribution is -2.42. The van der Waals surface area contributed by atoms with Crippen LogP contribution in [0.1, 0.15) is 43.7 Å². The van der Waals surface area contributed by atoms with Gasteiger partial charge >= 0.3 is 24.1 Å². The van der Waals surface area contributed by atoms with E-state index in [4.69, 9.17) is 14.6 Å². The predicted molar refractivity (Wildman–Crippen MR) is 173 cm³/mol. The average Bonchev–Trinajstić information content (AvgIpc) is 3.07. The van der Waals surface area contributed by atoms with Gasteiger partial charge in [0.25, 0.3) is 0 Å². The number of hydrogen-bond acceptors (Lipinski definition) is 8. The van der Waals surface area contributed by atoms with Crippen molar-refractivity contribution in [2.75, 3.05) is 31.9 Å². The summed E-state index contributed by atoms with van der Waals surface area (Å²) in [6.45, 7) is 7.48. The van der Waals surface area contributed by atoms with Crippen LogP contribution in [-0.4, -0.2) is 81.2 Å². The Balaban J connectivity index is 0.000000254. The van der Waals surface area contributed by atoms with Crippen molar-refractivity contribution < 1.29 is 43.7 Å². The van der Waals surface area contributed by atoms with Crippen molar-refractivity contribution in [3.63, 3.8) is 0 Å². The third kappa shape index (κ3) is 11.9. The van der Waals surface area contributed by atoms with Crippen LogP contribution >= 0.6 is 11.8 Å². The number of thioether (sulfide) groups is 1. The fourth-order valence-electron chi connectivity index (χ4n) is 5.31. The molecule has 248 valence electrons. The van der Waals surface area contributed by atoms with Gasteiger partial charge in [0.05, 0.1) is 5.92 Å². The first-order valence-corrected chi connectivity index (χ1v) is 16.2. The quantitative estimate of drug-likeness (QED) is 0.306. The first-order chi connectivity index (χ1) is 22.0. The molecule has 2 aliphatic rings. The van der Waals surface area contributed by atoms with Crippen molar-refractivity contribution >= 4 is 41.0 Å². The van der Waals surface area contributed by atoms with Crippen LogP contribution in [0.15, 0.2) is 72.8 Å². The minimum atomic E-state index is -0.958. The Bertz CT molecular complexity index is 1320. The summed E-state index contributed by atoms with van der Waals surface area (Å²) < 4.78 is 10.6. The van der Waals surface area contributed by atoms with Crippen molar-refractivity contribution in [3.8, 4) is 0 Å². The molecule has 0 bridgehead atoms. The van der Waals surface area contributed by atoms with Gasteiger partial charge in [-0.3, -0.25) is 9.59 Å². The summed E-state index contributed by atoms with van der Waals surface area (Å²) in [4.78, 5) is 60.7. The minimum Gasteiger partial charge on any atom is -0.481 e. The van der Waals surface area contributed by atoms with Gasteiger partial charge in [-0.25, -0.2) is 14.4 Å². The van der Waals surface area contributed by atoms with E-state index < -0.39 is 17.9 Å². The zero-order chi connectivity index (χ0) is 33.5. The molecule has 0 saturated carbocycles. The molecule has 0 aliphatic carbocycles. The molecule has 2 fully saturated rings. The number of rotatable bonds is 10. The van der Waals surface area contributed by atoms with E-state index >= 15 is 0 Å². The van der Waals surface area contributed by atoms with Crippen LogP contribution in [0.3, 0.4) is 0 Å². The maximum absolute atomic E-state index is 12.1. The Hall–Kier alpha value is -4.32. The minimum absolute atomic E-state index is 0.0254. The lowest BCUT2D eigenvalue weighted by molar-refractivity contribution is -0.143. The Kier molecular flexibility index (Phi) is 14.6. The molecule has 4 rings (SSSR count). The lowest BCUT2D eigenvalue weighted by Gasteiger charge is -2.33. The molecule has 2 amide bonds. The van der Waals surface area contributed by atoms with Crippen LogP contribution in [0, 0.1) is 17.8 Å². The van der Waals surface area contributed by atoms with E-state index in [1.165, 1.54) is 6.92 Å². The normalized spacial score (nSPS) is 15.9. The molecule has 1 atom stereocenters. The number of carbonyl (C=O) groups excluding carboxylic acids is 3. The van der Waals surface area contributed by atoms with E-state index in [9.17, 15) is 29.1 Å². The van der Waals surface area contributed by atoms with Crippen LogP contribution in [0.4, 0.5) is 9.59 Å². The number of nitrogens with zero attached hydrogens (tertiary/aromatic N) is 2. The molecule has 1 unspecified atom stereocenters. The fourth-order valence-corrected chi connectivity index (χ4v) is 6.14. The van der Waals surface area contributed by atoms with E-state index in [1.54, 1.807) is 9.80 Å². The molecule has 2 aromatic rings. The summed E-state index contributed by atoms with van der Waals surface area (Å²) in [7, 11) is 0. The van der Waals surface area contributed by atoms with Gasteiger partial charge in [0.2, 0.25) is 0 Å². The Labute approximate surface area is 273 Å². The van der Waals surface area contributed by atoms with Crippen LogP contribution in [-0.2, 0) is 37.1 Å². The zero-order valence-corrected chi connectivity index (χ0v) is 26.9. The highest BCUT2D eigenvalue weighted by atomic mass is 32.2. The number of carboxylic acids is 2. The number of hydrogen-bond donors (Lipinski definition) is 2. The van der Waals surface area contributed by atoms with Gasteiger partial charge in [0, 0.05) is 44.4 Å². The largest absolute Gasteiger partial charge is 0.481 e. The van der Waals surface area contributed by atoms with Gasteiger partial charge in [-0.05, 0) is 48.6 Å². The lowest BCUT2D eigenvalue weighted by atomic mass is 9.85. The Morgan fingerprint density at radius 3 is 1.61 bits per heavy atom. The predicted octanol–water partition coefficient (Wildman–Crippen LogP) is 5.69. The first kappa shape index (κ1) is 36.2. The molecule has 0 radical (unpaired) electrons. The van der Waals surface area contributed by atoms with Gasteiger partial charge in [-0.1, -0.05) is 79.0 Å². The number of benzene rings is 2. The number of aliphatic carboxylic acids is 2. The van der Waals surface area contributed by atoms with Crippen molar-refractivity contribution in [2.45, 2.75) is 45.8 Å². The number of carbonyl (C=O) groups is 5. The third-order valence-electron chi connectivity index (χ3n) is 8.08. The molecule has 2 aliphatic heterocycles. The van der Waals surface area contributed by atoms with Crippen molar-refractivity contribution in [2.24, 2.45) is 17.8 Å². The fraction of sp³-hybridized carbons (Fsp3) is 0.441. The van der Waals surface area contributed by atoms with Gasteiger partial charge in [0.15, 0.2) is 5.12 Å². The van der Waals surface area contributed by atoms with E-state index in [0.717, 1.165) is 22.9 Å². The van der Waals surface area contributed by atoms with Crippen LogP contribution in [0.5, 0.6) is 0 Å². The molecule has 0 spiro atoms. The Morgan fingerprint density at radius 2 is 1.22 bits per heavy atom. The summed E-state index contributed by atoms with van der Waals surface area (Å²) in [6, 6.07) is 19.0. The molecule has 2 saturated heterocycles. The molecule has 0 aromatic heterocycles. The van der Waals surface area contributed by atoms with Gasteiger partial charge < -0.3 is 29.5 Å². The molecule has 11 nitrogen and oxygen atoms in total. The summed E-state index contributed by atoms with van der Waals surface area (Å²) in [5, 5.41) is 18.2. The highest BCUT2D eigenvalue weighted by molar-refractivity contribution is 8.13. The summed E-state index contributed by atoms with van der Waals surface area (Å²) in [5.74, 6) is -2.19. The number of piperidine rings is 2. The standard InChI is InChI=1S/C18H23NO5S.C16H19NO4/c1-13(20)25-12-16(17(21)22)15-7-9-19(10-8-15)18(23)24-11-14-5-3-2-4-6-14;1-12(15(18)19)14-7-9-17(10-8-14)16(20)21-11-13-5-3-2-4-6-13/h2-6,15-16H,7-12H2,1H3,(H,21,22);2-6,14H,1,7-11H2,(H,18,19). The van der Waals surface area contributed by atoms with E-state index in [2.05, 4.69) is 6.58 Å². The van der Waals surface area contributed by atoms with Crippen molar-refractivity contribution in [1.82, 2.24) is 9.80 Å². The maximum atomic E-state index is 12.1. The number of amides is 2. The summed E-state index contributed by atoms with van der Waals surface area (Å²) in [6.07, 6.45) is 1.73. The van der Waals surface area contributed by atoms with Crippen LogP contribution in [0.25, 0.3) is 0 Å². The third-order valence-corrected chi connectivity index (χ3v) is 9.01. The second kappa shape index (κ2) is 18.6. The molecule has 2 aromatic carbocycles. The number of carboxylic acid groups (broad SMARTS) is 2. The van der Waals surface area contributed by atoms with E-state index in [0.29, 0.717) is 51.9 Å². The molecule has 12 heteroatoms. The molecule has 2 heterocycles. The molecular weight excluding hydrogens is 612 g/mol. The summed E-state index contributed by atoms with van der Waals surface area (Å²) in [5.41, 5.74) is 2.10. The monoisotopic (exact) mass is 654 g/mol. The van der Waals surface area contributed by atoms with Gasteiger partial charge in [-0.2, -0.15) is 0 Å². The second-order valence-corrected chi connectivity index (χ2v) is 12.4. The van der Waals surface area contributed by atoms with Crippen molar-refractivity contribution in [1.29, 1.82) is 0 Å². The smallest absolute Gasteiger partial charge is 0.410 e. The summed E-state index contributed by atoms with van der Waals surface area (Å²) >= 11 is 1.05. The second-order valence-electron chi connectivity index (χ2n) is 11.2. The first-order valence-electron chi connectivity index (χ1n) is 15.2. The molecular formula is C34H42N2O9S. The highest BCUT2D eigenvalue weighted by Gasteiger charge is 2.33. The number of likely N-dealkylation sites (tertiary alicyclic amines) is 2.